The molecule has 58 heavy (non-hydrogen) atoms. The third-order valence-electron chi connectivity index (χ3n) is 15.9. The highest BCUT2D eigenvalue weighted by Crippen LogP contribution is 2.67. The number of likely N-dealkylation sites (N-methyl/N-ethyl adjacent to an activating group) is 1. The molecule has 0 spiro atoms. The van der Waals surface area contributed by atoms with Crippen LogP contribution in [0.3, 0.4) is 0 Å². The smallest absolute Gasteiger partial charge is 0.387 e. The molecule has 0 aromatic carbocycles. The topological polar surface area (TPSA) is 88.0 Å². The van der Waals surface area contributed by atoms with Crippen LogP contribution in [0.15, 0.2) is 23.8 Å². The van der Waals surface area contributed by atoms with Crippen LogP contribution in [0.2, 0.25) is 0 Å². The van der Waals surface area contributed by atoms with Gasteiger partial charge in [-0.25, -0.2) is 4.57 Å². The number of aliphatic hydroxyl groups excluding tert-OH is 1. The number of rotatable bonds is 28. The minimum absolute atomic E-state index is 0.0864. The van der Waals surface area contributed by atoms with Crippen molar-refractivity contribution in [2.75, 3.05) is 40.9 Å². The number of phosphoric acid groups is 1. The van der Waals surface area contributed by atoms with Crippen molar-refractivity contribution >= 4 is 7.82 Å². The first-order valence-electron chi connectivity index (χ1n) is 24.7. The van der Waals surface area contributed by atoms with E-state index in [4.69, 9.17) is 9.05 Å². The van der Waals surface area contributed by atoms with Crippen molar-refractivity contribution in [1.29, 1.82) is 0 Å². The van der Waals surface area contributed by atoms with E-state index < -0.39 is 20.0 Å². The van der Waals surface area contributed by atoms with Gasteiger partial charge in [-0.05, 0) is 111 Å². The van der Waals surface area contributed by atoms with Gasteiger partial charge in [-0.3, -0.25) is 9.05 Å². The van der Waals surface area contributed by atoms with E-state index in [1.165, 1.54) is 116 Å². The van der Waals surface area contributed by atoms with Gasteiger partial charge in [0.15, 0.2) is 0 Å². The highest BCUT2D eigenvalue weighted by atomic mass is 31.2. The van der Waals surface area contributed by atoms with Gasteiger partial charge in [0.2, 0.25) is 0 Å². The average molecular weight is 834 g/mol. The van der Waals surface area contributed by atoms with Crippen LogP contribution in [0.4, 0.5) is 0 Å². The molecule has 8 heteroatoms. The maximum absolute atomic E-state index is 13.0. The molecule has 0 saturated heterocycles. The summed E-state index contributed by atoms with van der Waals surface area (Å²) in [6.07, 6.45) is 35.3. The van der Waals surface area contributed by atoms with Crippen molar-refractivity contribution < 1.29 is 28.1 Å². The molecule has 4 aliphatic rings. The lowest BCUT2D eigenvalue weighted by Gasteiger charge is -2.58. The van der Waals surface area contributed by atoms with E-state index in [1.807, 2.05) is 27.2 Å². The molecule has 11 atom stereocenters. The Morgan fingerprint density at radius 2 is 1.55 bits per heavy atom. The molecule has 4 aliphatic carbocycles. The summed E-state index contributed by atoms with van der Waals surface area (Å²) in [6, 6.07) is -0.316. The summed E-state index contributed by atoms with van der Waals surface area (Å²) < 4.78 is 24.6. The SMILES string of the molecule is CCCCCCCCCCCCC/C=C/[C@@H](O)[C@H](COP(=O)(O)OCC[N+](C)(C)C)NC1CC[C@@]2(C)C(=CC[C@H]3[C@@H]4CC[C@H]([C@H](C)CCCC(C)C)[C@@]4(C)CC[C@@H]32)C1. The van der Waals surface area contributed by atoms with E-state index in [0.717, 1.165) is 67.6 Å². The van der Waals surface area contributed by atoms with Crippen molar-refractivity contribution in [1.82, 2.24) is 5.32 Å². The second-order valence-corrected chi connectivity index (χ2v) is 23.3. The second-order valence-electron chi connectivity index (χ2n) is 21.9. The maximum atomic E-state index is 13.0. The number of fused-ring (bicyclic) bond motifs is 5. The van der Waals surface area contributed by atoms with Gasteiger partial charge in [0.25, 0.3) is 0 Å². The molecule has 0 heterocycles. The van der Waals surface area contributed by atoms with Gasteiger partial charge in [0, 0.05) is 6.04 Å². The Bertz CT molecular complexity index is 1300. The number of phosphoric ester groups is 1. The standard InChI is InChI=1S/C50H93N2O5P/c1-10-11-12-13-14-15-16-17-18-19-20-21-22-26-48(53)47(38-57-58(54,55)56-36-35-52(7,8)9)51-42-31-33-49(5)41(37-42)27-28-43-45-30-29-44(40(4)25-23-24-39(2)3)50(45,6)34-32-46(43)49/h22,26-27,39-40,42-48,51,53H,10-21,23-25,28-38H2,1-9H3/p+1/b26-22+/t40-,42?,43+,44-,45+,46+,47+,48-,49+,50-/m1/s1. The normalized spacial score (nSPS) is 31.4. The first kappa shape index (κ1) is 50.1. The average Bonchev–Trinajstić information content (AvgIpc) is 3.51. The zero-order valence-corrected chi connectivity index (χ0v) is 40.2. The van der Waals surface area contributed by atoms with Crippen LogP contribution >= 0.6 is 7.82 Å². The molecular formula is C50H94N2O5P+. The predicted molar refractivity (Wildman–Crippen MR) is 245 cm³/mol. The third kappa shape index (κ3) is 15.1. The zero-order chi connectivity index (χ0) is 42.4. The highest BCUT2D eigenvalue weighted by molar-refractivity contribution is 7.47. The van der Waals surface area contributed by atoms with Crippen LogP contribution in [0.25, 0.3) is 0 Å². The van der Waals surface area contributed by atoms with Gasteiger partial charge in [-0.15, -0.1) is 0 Å². The summed E-state index contributed by atoms with van der Waals surface area (Å²) in [6.45, 7) is 15.5. The summed E-state index contributed by atoms with van der Waals surface area (Å²) in [7, 11) is 1.80. The molecule has 4 rings (SSSR count). The van der Waals surface area contributed by atoms with Crippen molar-refractivity contribution in [2.45, 2.75) is 207 Å². The molecule has 338 valence electrons. The van der Waals surface area contributed by atoms with E-state index in [2.05, 4.69) is 59.0 Å². The van der Waals surface area contributed by atoms with Crippen LogP contribution in [0.1, 0.15) is 189 Å². The van der Waals surface area contributed by atoms with Crippen molar-refractivity contribution in [3.63, 3.8) is 0 Å². The van der Waals surface area contributed by atoms with Gasteiger partial charge in [0.05, 0.1) is 39.9 Å². The molecule has 0 aliphatic heterocycles. The van der Waals surface area contributed by atoms with Crippen LogP contribution < -0.4 is 5.32 Å². The number of nitrogens with zero attached hydrogens (tertiary/aromatic N) is 1. The largest absolute Gasteiger partial charge is 0.472 e. The summed E-state index contributed by atoms with van der Waals surface area (Å²) >= 11 is 0. The lowest BCUT2D eigenvalue weighted by molar-refractivity contribution is -0.870. The van der Waals surface area contributed by atoms with E-state index in [9.17, 15) is 14.6 Å². The molecule has 3 fully saturated rings. The zero-order valence-electron chi connectivity index (χ0n) is 39.3. The summed E-state index contributed by atoms with van der Waals surface area (Å²) in [5, 5.41) is 15.3. The summed E-state index contributed by atoms with van der Waals surface area (Å²) in [5.74, 6) is 4.92. The van der Waals surface area contributed by atoms with Crippen molar-refractivity contribution in [3.8, 4) is 0 Å². The van der Waals surface area contributed by atoms with E-state index in [0.29, 0.717) is 16.4 Å². The quantitative estimate of drug-likeness (QED) is 0.0315. The Morgan fingerprint density at radius 1 is 0.879 bits per heavy atom. The Labute approximate surface area is 358 Å². The van der Waals surface area contributed by atoms with Crippen LogP contribution in [-0.2, 0) is 13.6 Å². The van der Waals surface area contributed by atoms with E-state index in [1.54, 1.807) is 5.57 Å². The monoisotopic (exact) mass is 834 g/mol. The lowest BCUT2D eigenvalue weighted by atomic mass is 9.47. The number of aliphatic hydroxyl groups is 1. The number of allylic oxidation sites excluding steroid dienone is 2. The minimum atomic E-state index is -4.27. The van der Waals surface area contributed by atoms with Crippen molar-refractivity contribution in [3.05, 3.63) is 23.8 Å². The van der Waals surface area contributed by atoms with E-state index in [-0.39, 0.29) is 24.7 Å². The van der Waals surface area contributed by atoms with E-state index >= 15 is 0 Å². The molecule has 0 bridgehead atoms. The maximum Gasteiger partial charge on any atom is 0.472 e. The molecule has 7 nitrogen and oxygen atoms in total. The molecule has 3 N–H and O–H groups in total. The second kappa shape index (κ2) is 23.8. The van der Waals surface area contributed by atoms with Gasteiger partial charge < -0.3 is 19.8 Å². The van der Waals surface area contributed by atoms with Crippen LogP contribution in [0.5, 0.6) is 0 Å². The first-order chi connectivity index (χ1) is 27.5. The first-order valence-corrected chi connectivity index (χ1v) is 26.2. The van der Waals surface area contributed by atoms with Gasteiger partial charge in [-0.2, -0.15) is 0 Å². The fraction of sp³-hybridized carbons (Fsp3) is 0.920. The fourth-order valence-corrected chi connectivity index (χ4v) is 13.0. The Kier molecular flexibility index (Phi) is 20.6. The number of unbranched alkanes of at least 4 members (excludes halogenated alkanes) is 11. The van der Waals surface area contributed by atoms with Crippen LogP contribution in [-0.4, -0.2) is 73.6 Å². The van der Waals surface area contributed by atoms with Crippen molar-refractivity contribution in [2.24, 2.45) is 46.3 Å². The Balaban J connectivity index is 1.33. The van der Waals surface area contributed by atoms with Gasteiger partial charge in [0.1, 0.15) is 13.2 Å². The summed E-state index contributed by atoms with van der Waals surface area (Å²) in [4.78, 5) is 10.6. The fourth-order valence-electron chi connectivity index (χ4n) is 12.3. The number of hydrogen-bond donors (Lipinski definition) is 3. The molecule has 0 amide bonds. The molecule has 0 radical (unpaired) electrons. The molecule has 0 aromatic rings. The molecule has 2 unspecified atom stereocenters. The number of nitrogens with one attached hydrogen (secondary N) is 1. The van der Waals surface area contributed by atoms with Crippen LogP contribution in [0, 0.1) is 46.3 Å². The third-order valence-corrected chi connectivity index (χ3v) is 16.9. The Hall–Kier alpha value is -0.530. The lowest BCUT2D eigenvalue weighted by Crippen LogP contribution is -2.54. The molecule has 0 aromatic heterocycles. The summed E-state index contributed by atoms with van der Waals surface area (Å²) in [5.41, 5.74) is 2.34. The number of quaternary nitrogens is 1. The minimum Gasteiger partial charge on any atom is -0.387 e. The Morgan fingerprint density at radius 3 is 2.21 bits per heavy atom. The number of hydrogen-bond acceptors (Lipinski definition) is 5. The predicted octanol–water partition coefficient (Wildman–Crippen LogP) is 12.8. The molecule has 3 saturated carbocycles. The molecular weight excluding hydrogens is 740 g/mol. The highest BCUT2D eigenvalue weighted by Gasteiger charge is 2.59. The van der Waals surface area contributed by atoms with Gasteiger partial charge >= 0.3 is 7.82 Å². The van der Waals surface area contributed by atoms with Gasteiger partial charge in [-0.1, -0.05) is 149 Å².